The average molecular weight is 305 g/mol. The van der Waals surface area contributed by atoms with E-state index in [0.29, 0.717) is 37.8 Å². The predicted octanol–water partition coefficient (Wildman–Crippen LogP) is 2.81. The lowest BCUT2D eigenvalue weighted by atomic mass is 9.91. The van der Waals surface area contributed by atoms with Gasteiger partial charge >= 0.3 is 0 Å². The number of benzene rings is 1. The molecule has 1 aliphatic heterocycles. The number of nitrogens with two attached hydrogens (primary N) is 1. The molecule has 5 nitrogen and oxygen atoms in total. The van der Waals surface area contributed by atoms with Crippen molar-refractivity contribution in [3.8, 4) is 11.4 Å². The molecule has 1 aliphatic rings. The fourth-order valence-corrected chi connectivity index (χ4v) is 3.02. The largest absolute Gasteiger partial charge is 0.381 e. The quantitative estimate of drug-likeness (QED) is 0.876. The highest BCUT2D eigenvalue weighted by molar-refractivity contribution is 7.99. The fourth-order valence-electron chi connectivity index (χ4n) is 2.36. The minimum Gasteiger partial charge on any atom is -0.381 e. The summed E-state index contributed by atoms with van der Waals surface area (Å²) in [6.07, 6.45) is 1.42. The molecule has 0 unspecified atom stereocenters. The summed E-state index contributed by atoms with van der Waals surface area (Å²) >= 11 is 1.81. The summed E-state index contributed by atoms with van der Waals surface area (Å²) in [5.74, 6) is 2.16. The zero-order chi connectivity index (χ0) is 14.7. The Balaban J connectivity index is 1.80. The van der Waals surface area contributed by atoms with Crippen LogP contribution in [-0.4, -0.2) is 29.1 Å². The van der Waals surface area contributed by atoms with Gasteiger partial charge in [0.05, 0.1) is 0 Å². The molecule has 0 atom stereocenters. The van der Waals surface area contributed by atoms with E-state index in [4.69, 9.17) is 15.0 Å². The number of hydrogen-bond acceptors (Lipinski definition) is 6. The molecule has 21 heavy (non-hydrogen) atoms. The molecule has 3 rings (SSSR count). The van der Waals surface area contributed by atoms with E-state index in [-0.39, 0.29) is 0 Å². The first-order chi connectivity index (χ1) is 10.2. The molecule has 2 aromatic rings. The molecule has 0 spiro atoms. The van der Waals surface area contributed by atoms with Gasteiger partial charge in [0.1, 0.15) is 5.54 Å². The van der Waals surface area contributed by atoms with Gasteiger partial charge in [-0.25, -0.2) is 0 Å². The Bertz CT molecular complexity index is 591. The van der Waals surface area contributed by atoms with Gasteiger partial charge in [-0.05, 0) is 42.9 Å². The fraction of sp³-hybridized carbons (Fsp3) is 0.467. The maximum atomic E-state index is 6.36. The van der Waals surface area contributed by atoms with Gasteiger partial charge in [0.15, 0.2) is 0 Å². The van der Waals surface area contributed by atoms with Crippen LogP contribution >= 0.6 is 11.8 Å². The van der Waals surface area contributed by atoms with E-state index in [0.717, 1.165) is 11.3 Å². The van der Waals surface area contributed by atoms with E-state index in [9.17, 15) is 0 Å². The first-order valence-electron chi connectivity index (χ1n) is 7.15. The van der Waals surface area contributed by atoms with Crippen molar-refractivity contribution in [1.29, 1.82) is 0 Å². The van der Waals surface area contributed by atoms with Crippen molar-refractivity contribution >= 4 is 11.8 Å². The second-order valence-corrected chi connectivity index (χ2v) is 6.49. The van der Waals surface area contributed by atoms with Crippen molar-refractivity contribution < 1.29 is 9.26 Å². The zero-order valence-electron chi connectivity index (χ0n) is 12.0. The highest BCUT2D eigenvalue weighted by atomic mass is 32.2. The number of rotatable bonds is 4. The summed E-state index contributed by atoms with van der Waals surface area (Å²) in [6.45, 7) is 3.41. The van der Waals surface area contributed by atoms with Crippen LogP contribution in [0.3, 0.4) is 0 Å². The molecular weight excluding hydrogens is 286 g/mol. The van der Waals surface area contributed by atoms with E-state index < -0.39 is 5.54 Å². The minimum atomic E-state index is -0.554. The Kier molecular flexibility index (Phi) is 4.28. The Morgan fingerprint density at radius 1 is 1.24 bits per heavy atom. The van der Waals surface area contributed by atoms with Crippen LogP contribution in [0, 0.1) is 0 Å². The van der Waals surface area contributed by atoms with Crippen LogP contribution < -0.4 is 5.73 Å². The number of thioether (sulfide) groups is 1. The predicted molar refractivity (Wildman–Crippen MR) is 82.1 cm³/mol. The molecule has 6 heteroatoms. The first-order valence-corrected chi connectivity index (χ1v) is 8.14. The summed E-state index contributed by atoms with van der Waals surface area (Å²) in [5, 5.41) is 4.07. The van der Waals surface area contributed by atoms with Crippen molar-refractivity contribution in [2.75, 3.05) is 19.0 Å². The van der Waals surface area contributed by atoms with Crippen LogP contribution in [0.2, 0.25) is 0 Å². The highest BCUT2D eigenvalue weighted by Crippen LogP contribution is 2.30. The van der Waals surface area contributed by atoms with Crippen molar-refractivity contribution in [2.45, 2.75) is 30.2 Å². The van der Waals surface area contributed by atoms with Gasteiger partial charge in [0.25, 0.3) is 0 Å². The maximum absolute atomic E-state index is 6.36. The van der Waals surface area contributed by atoms with Crippen LogP contribution in [0.5, 0.6) is 0 Å². The monoisotopic (exact) mass is 305 g/mol. The second kappa shape index (κ2) is 6.17. The summed E-state index contributed by atoms with van der Waals surface area (Å²) in [6, 6.07) is 8.18. The Morgan fingerprint density at radius 2 is 1.95 bits per heavy atom. The Hall–Kier alpha value is -1.37. The lowest BCUT2D eigenvalue weighted by Crippen LogP contribution is -2.42. The third-order valence-corrected chi connectivity index (χ3v) is 4.55. The molecule has 112 valence electrons. The van der Waals surface area contributed by atoms with Gasteiger partial charge in [-0.15, -0.1) is 11.8 Å². The van der Waals surface area contributed by atoms with E-state index in [1.54, 1.807) is 0 Å². The lowest BCUT2D eigenvalue weighted by Gasteiger charge is -2.29. The normalized spacial score (nSPS) is 17.8. The van der Waals surface area contributed by atoms with Crippen molar-refractivity contribution in [2.24, 2.45) is 5.73 Å². The molecule has 0 bridgehead atoms. The van der Waals surface area contributed by atoms with Crippen molar-refractivity contribution in [3.63, 3.8) is 0 Å². The molecular formula is C15H19N3O2S. The molecule has 0 saturated carbocycles. The number of ether oxygens (including phenoxy) is 1. The van der Waals surface area contributed by atoms with Gasteiger partial charge in [-0.1, -0.05) is 12.1 Å². The van der Waals surface area contributed by atoms with Gasteiger partial charge in [-0.3, -0.25) is 0 Å². The second-order valence-electron chi connectivity index (χ2n) is 5.15. The molecule has 2 N–H and O–H groups in total. The van der Waals surface area contributed by atoms with E-state index in [1.165, 1.54) is 4.90 Å². The van der Waals surface area contributed by atoms with Gasteiger partial charge < -0.3 is 15.0 Å². The molecule has 1 fully saturated rings. The van der Waals surface area contributed by atoms with Crippen molar-refractivity contribution in [3.05, 3.63) is 30.2 Å². The number of aromatic nitrogens is 2. The minimum absolute atomic E-state index is 0.507. The SMILES string of the molecule is CCSc1ccc(-c2noc(C3(N)CCOCC3)n2)cc1. The Morgan fingerprint density at radius 3 is 2.62 bits per heavy atom. The van der Waals surface area contributed by atoms with Gasteiger partial charge in [0.2, 0.25) is 11.7 Å². The molecule has 2 heterocycles. The van der Waals surface area contributed by atoms with E-state index in [1.807, 2.05) is 23.9 Å². The van der Waals surface area contributed by atoms with Crippen LogP contribution in [0.1, 0.15) is 25.7 Å². The summed E-state index contributed by atoms with van der Waals surface area (Å²) in [4.78, 5) is 5.73. The topological polar surface area (TPSA) is 74.2 Å². The molecule has 0 amide bonds. The molecule has 1 aromatic carbocycles. The standard InChI is InChI=1S/C15H19N3O2S/c1-2-21-12-5-3-11(4-6-12)13-17-14(20-18-13)15(16)7-9-19-10-8-15/h3-6H,2,7-10,16H2,1H3. The van der Waals surface area contributed by atoms with Gasteiger partial charge in [-0.2, -0.15) is 4.98 Å². The zero-order valence-corrected chi connectivity index (χ0v) is 12.9. The molecule has 0 aliphatic carbocycles. The molecule has 0 radical (unpaired) electrons. The van der Waals surface area contributed by atoms with E-state index >= 15 is 0 Å². The third kappa shape index (κ3) is 3.12. The van der Waals surface area contributed by atoms with Crippen LogP contribution in [0.15, 0.2) is 33.7 Å². The highest BCUT2D eigenvalue weighted by Gasteiger charge is 2.35. The van der Waals surface area contributed by atoms with Crippen LogP contribution in [0.25, 0.3) is 11.4 Å². The average Bonchev–Trinajstić information content (AvgIpc) is 3.00. The smallest absolute Gasteiger partial charge is 0.247 e. The number of hydrogen-bond donors (Lipinski definition) is 1. The number of nitrogens with zero attached hydrogens (tertiary/aromatic N) is 2. The molecule has 1 aromatic heterocycles. The van der Waals surface area contributed by atoms with Crippen LogP contribution in [-0.2, 0) is 10.3 Å². The van der Waals surface area contributed by atoms with Crippen molar-refractivity contribution in [1.82, 2.24) is 10.1 Å². The third-order valence-electron chi connectivity index (χ3n) is 3.66. The summed E-state index contributed by atoms with van der Waals surface area (Å²) in [5.41, 5.74) is 6.75. The summed E-state index contributed by atoms with van der Waals surface area (Å²) in [7, 11) is 0. The summed E-state index contributed by atoms with van der Waals surface area (Å²) < 4.78 is 10.7. The van der Waals surface area contributed by atoms with Crippen LogP contribution in [0.4, 0.5) is 0 Å². The lowest BCUT2D eigenvalue weighted by molar-refractivity contribution is 0.0400. The Labute approximate surface area is 128 Å². The van der Waals surface area contributed by atoms with E-state index in [2.05, 4.69) is 29.2 Å². The first kappa shape index (κ1) is 14.6. The molecule has 1 saturated heterocycles. The van der Waals surface area contributed by atoms with Gasteiger partial charge in [0, 0.05) is 23.7 Å². The maximum Gasteiger partial charge on any atom is 0.247 e.